The van der Waals surface area contributed by atoms with Crippen LogP contribution in [0.25, 0.3) is 0 Å². The number of carboxylic acid groups (broad SMARTS) is 1. The van der Waals surface area contributed by atoms with Crippen molar-refractivity contribution >= 4 is 23.5 Å². The van der Waals surface area contributed by atoms with Gasteiger partial charge in [-0.2, -0.15) is 0 Å². The van der Waals surface area contributed by atoms with Crippen molar-refractivity contribution in [1.82, 2.24) is 4.90 Å². The molecular formula is C18H18N2O5. The summed E-state index contributed by atoms with van der Waals surface area (Å²) in [4.78, 5) is 37.3. The first-order chi connectivity index (χ1) is 12.0. The van der Waals surface area contributed by atoms with Gasteiger partial charge in [0.25, 0.3) is 11.8 Å². The van der Waals surface area contributed by atoms with E-state index >= 15 is 0 Å². The molecule has 0 saturated carbocycles. The summed E-state index contributed by atoms with van der Waals surface area (Å²) < 4.78 is 5.06. The van der Waals surface area contributed by atoms with E-state index in [2.05, 4.69) is 5.32 Å². The van der Waals surface area contributed by atoms with Crippen LogP contribution in [-0.4, -0.2) is 40.9 Å². The highest BCUT2D eigenvalue weighted by Gasteiger charge is 2.31. The first-order valence-corrected chi connectivity index (χ1v) is 7.93. The maximum Gasteiger partial charge on any atom is 0.308 e. The molecular weight excluding hydrogens is 324 g/mol. The SMILES string of the molecule is Cc1ccc(C(=O)N2CCC(C(=O)O)C2)cc1NC(=O)c1ccco1. The molecule has 130 valence electrons. The van der Waals surface area contributed by atoms with Crippen LogP contribution in [0.3, 0.4) is 0 Å². The highest BCUT2D eigenvalue weighted by atomic mass is 16.4. The molecule has 1 aromatic heterocycles. The number of hydrogen-bond acceptors (Lipinski definition) is 4. The average molecular weight is 342 g/mol. The topological polar surface area (TPSA) is 99.9 Å². The minimum absolute atomic E-state index is 0.181. The molecule has 7 heteroatoms. The van der Waals surface area contributed by atoms with E-state index in [1.54, 1.807) is 30.3 Å². The third-order valence-electron chi connectivity index (χ3n) is 4.30. The number of amides is 2. The number of aryl methyl sites for hydroxylation is 1. The maximum atomic E-state index is 12.6. The van der Waals surface area contributed by atoms with E-state index in [4.69, 9.17) is 9.52 Å². The van der Waals surface area contributed by atoms with Crippen LogP contribution < -0.4 is 5.32 Å². The molecule has 0 bridgehead atoms. The fourth-order valence-electron chi connectivity index (χ4n) is 2.81. The highest BCUT2D eigenvalue weighted by Crippen LogP contribution is 2.23. The Labute approximate surface area is 144 Å². The zero-order valence-corrected chi connectivity index (χ0v) is 13.7. The lowest BCUT2D eigenvalue weighted by atomic mass is 10.1. The quantitative estimate of drug-likeness (QED) is 0.889. The number of likely N-dealkylation sites (tertiary alicyclic amines) is 1. The Morgan fingerprint density at radius 2 is 2.08 bits per heavy atom. The number of rotatable bonds is 4. The summed E-state index contributed by atoms with van der Waals surface area (Å²) in [5.74, 6) is -1.86. The predicted molar refractivity (Wildman–Crippen MR) is 89.5 cm³/mol. The Hall–Kier alpha value is -3.09. The predicted octanol–water partition coefficient (Wildman–Crippen LogP) is 2.39. The van der Waals surface area contributed by atoms with Crippen molar-refractivity contribution in [3.8, 4) is 0 Å². The van der Waals surface area contributed by atoms with Crippen LogP contribution in [0.1, 0.15) is 32.9 Å². The molecule has 2 aromatic rings. The molecule has 3 rings (SSSR count). The van der Waals surface area contributed by atoms with Crippen LogP contribution in [-0.2, 0) is 4.79 Å². The number of carbonyl (C=O) groups excluding carboxylic acids is 2. The van der Waals surface area contributed by atoms with Crippen LogP contribution in [0.4, 0.5) is 5.69 Å². The zero-order chi connectivity index (χ0) is 18.0. The largest absolute Gasteiger partial charge is 0.481 e. The van der Waals surface area contributed by atoms with Gasteiger partial charge in [0.2, 0.25) is 0 Å². The molecule has 7 nitrogen and oxygen atoms in total. The maximum absolute atomic E-state index is 12.6. The molecule has 25 heavy (non-hydrogen) atoms. The Kier molecular flexibility index (Phi) is 4.56. The van der Waals surface area contributed by atoms with E-state index in [-0.39, 0.29) is 18.2 Å². The smallest absolute Gasteiger partial charge is 0.308 e. The Morgan fingerprint density at radius 1 is 1.28 bits per heavy atom. The second-order valence-corrected chi connectivity index (χ2v) is 6.04. The van der Waals surface area contributed by atoms with Gasteiger partial charge in [0, 0.05) is 24.3 Å². The van der Waals surface area contributed by atoms with Crippen LogP contribution in [0.15, 0.2) is 41.0 Å². The van der Waals surface area contributed by atoms with E-state index in [9.17, 15) is 14.4 Å². The van der Waals surface area contributed by atoms with E-state index in [0.717, 1.165) is 5.56 Å². The number of nitrogens with zero attached hydrogens (tertiary/aromatic N) is 1. The third-order valence-corrected chi connectivity index (χ3v) is 4.30. The summed E-state index contributed by atoms with van der Waals surface area (Å²) in [5.41, 5.74) is 1.73. The molecule has 1 aliphatic heterocycles. The number of aliphatic carboxylic acids is 1. The lowest BCUT2D eigenvalue weighted by Gasteiger charge is -2.17. The fourth-order valence-corrected chi connectivity index (χ4v) is 2.81. The van der Waals surface area contributed by atoms with Crippen LogP contribution in [0.2, 0.25) is 0 Å². The molecule has 1 unspecified atom stereocenters. The summed E-state index contributed by atoms with van der Waals surface area (Å²) in [7, 11) is 0. The molecule has 1 saturated heterocycles. The number of carboxylic acids is 1. The van der Waals surface area contributed by atoms with Gasteiger partial charge in [-0.15, -0.1) is 0 Å². The summed E-state index contributed by atoms with van der Waals surface area (Å²) >= 11 is 0. The minimum atomic E-state index is -0.884. The zero-order valence-electron chi connectivity index (χ0n) is 13.7. The second kappa shape index (κ2) is 6.80. The standard InChI is InChI=1S/C18H18N2O5/c1-11-4-5-12(17(22)20-7-6-13(10-20)18(23)24)9-14(11)19-16(21)15-3-2-8-25-15/h2-5,8-9,13H,6-7,10H2,1H3,(H,19,21)(H,23,24). The van der Waals surface area contributed by atoms with Gasteiger partial charge < -0.3 is 19.7 Å². The first kappa shape index (κ1) is 16.8. The van der Waals surface area contributed by atoms with Gasteiger partial charge in [0.05, 0.1) is 12.2 Å². The molecule has 1 fully saturated rings. The average Bonchev–Trinajstić information content (AvgIpc) is 3.28. The molecule has 2 heterocycles. The van der Waals surface area contributed by atoms with Gasteiger partial charge in [0.15, 0.2) is 5.76 Å². The van der Waals surface area contributed by atoms with E-state index in [0.29, 0.717) is 24.2 Å². The molecule has 0 aliphatic carbocycles. The van der Waals surface area contributed by atoms with Gasteiger partial charge in [0.1, 0.15) is 0 Å². The van der Waals surface area contributed by atoms with Crippen molar-refractivity contribution < 1.29 is 23.9 Å². The van der Waals surface area contributed by atoms with Crippen LogP contribution >= 0.6 is 0 Å². The summed E-state index contributed by atoms with van der Waals surface area (Å²) in [6.45, 7) is 2.44. The highest BCUT2D eigenvalue weighted by molar-refractivity contribution is 6.04. The van der Waals surface area contributed by atoms with Gasteiger partial charge in [-0.25, -0.2) is 0 Å². The molecule has 1 aliphatic rings. The van der Waals surface area contributed by atoms with Crippen LogP contribution in [0, 0.1) is 12.8 Å². The van der Waals surface area contributed by atoms with Crippen molar-refractivity contribution in [1.29, 1.82) is 0 Å². The normalized spacial score (nSPS) is 16.7. The molecule has 2 amide bonds. The fraction of sp³-hybridized carbons (Fsp3) is 0.278. The van der Waals surface area contributed by atoms with Crippen molar-refractivity contribution in [3.05, 3.63) is 53.5 Å². The van der Waals surface area contributed by atoms with Gasteiger partial charge in [-0.05, 0) is 43.2 Å². The van der Waals surface area contributed by atoms with Gasteiger partial charge in [-0.3, -0.25) is 14.4 Å². The Balaban J connectivity index is 1.76. The lowest BCUT2D eigenvalue weighted by molar-refractivity contribution is -0.141. The van der Waals surface area contributed by atoms with Crippen molar-refractivity contribution in [2.75, 3.05) is 18.4 Å². The van der Waals surface area contributed by atoms with E-state index < -0.39 is 17.8 Å². The summed E-state index contributed by atoms with van der Waals surface area (Å²) in [6, 6.07) is 8.19. The summed E-state index contributed by atoms with van der Waals surface area (Å²) in [5, 5.41) is 11.8. The van der Waals surface area contributed by atoms with Crippen LogP contribution in [0.5, 0.6) is 0 Å². The number of carbonyl (C=O) groups is 3. The first-order valence-electron chi connectivity index (χ1n) is 7.93. The number of benzene rings is 1. The molecule has 1 atom stereocenters. The number of hydrogen-bond donors (Lipinski definition) is 2. The Morgan fingerprint density at radius 3 is 2.72 bits per heavy atom. The minimum Gasteiger partial charge on any atom is -0.481 e. The number of nitrogens with one attached hydrogen (secondary N) is 1. The molecule has 2 N–H and O–H groups in total. The van der Waals surface area contributed by atoms with Crippen molar-refractivity contribution in [2.24, 2.45) is 5.92 Å². The van der Waals surface area contributed by atoms with Gasteiger partial charge >= 0.3 is 5.97 Å². The molecule has 0 radical (unpaired) electrons. The van der Waals surface area contributed by atoms with Gasteiger partial charge in [-0.1, -0.05) is 6.07 Å². The van der Waals surface area contributed by atoms with Crippen molar-refractivity contribution in [2.45, 2.75) is 13.3 Å². The van der Waals surface area contributed by atoms with E-state index in [1.807, 2.05) is 6.92 Å². The third kappa shape index (κ3) is 3.55. The molecule has 0 spiro atoms. The van der Waals surface area contributed by atoms with E-state index in [1.165, 1.54) is 11.2 Å². The lowest BCUT2D eigenvalue weighted by Crippen LogP contribution is -2.30. The van der Waals surface area contributed by atoms with Crippen molar-refractivity contribution in [3.63, 3.8) is 0 Å². The molecule has 1 aromatic carbocycles. The number of furan rings is 1. The number of anilines is 1. The monoisotopic (exact) mass is 342 g/mol. The Bertz CT molecular complexity index is 813. The summed E-state index contributed by atoms with van der Waals surface area (Å²) in [6.07, 6.45) is 1.86. The second-order valence-electron chi connectivity index (χ2n) is 6.04.